The van der Waals surface area contributed by atoms with Gasteiger partial charge in [0.05, 0.1) is 0 Å². The van der Waals surface area contributed by atoms with Gasteiger partial charge in [-0.25, -0.2) is 0 Å². The van der Waals surface area contributed by atoms with Crippen LogP contribution in [-0.2, 0) is 9.59 Å². The van der Waals surface area contributed by atoms with Crippen molar-refractivity contribution in [2.45, 2.75) is 136 Å². The predicted octanol–water partition coefficient (Wildman–Crippen LogP) is 7.58. The molecule has 0 spiro atoms. The van der Waals surface area contributed by atoms with Crippen LogP contribution < -0.4 is 0 Å². The number of rotatable bonds is 20. The molecule has 0 unspecified atom stereocenters. The molecule has 2 nitrogen and oxygen atoms in total. The van der Waals surface area contributed by atoms with Crippen molar-refractivity contribution < 1.29 is 9.59 Å². The molecule has 0 aliphatic rings. The molecule has 0 rings (SSSR count). The van der Waals surface area contributed by atoms with Gasteiger partial charge in [0.25, 0.3) is 0 Å². The molecule has 25 heavy (non-hydrogen) atoms. The van der Waals surface area contributed by atoms with Crippen LogP contribution in [0.3, 0.4) is 0 Å². The minimum atomic E-state index is 0.430. The number of hydrogen-bond acceptors (Lipinski definition) is 2. The summed E-state index contributed by atoms with van der Waals surface area (Å²) in [6, 6.07) is 0. The highest BCUT2D eigenvalue weighted by atomic mass is 16.1. The van der Waals surface area contributed by atoms with Crippen molar-refractivity contribution in [3.63, 3.8) is 0 Å². The van der Waals surface area contributed by atoms with E-state index in [1.807, 2.05) is 0 Å². The lowest BCUT2D eigenvalue weighted by Gasteiger charge is -2.03. The molecule has 0 fully saturated rings. The Bertz CT molecular complexity index is 309. The number of Topliss-reactive ketones (excluding diaryl/α,β-unsaturated/α-hetero) is 2. The summed E-state index contributed by atoms with van der Waals surface area (Å²) in [7, 11) is 0. The third-order valence-electron chi connectivity index (χ3n) is 5.03. The minimum absolute atomic E-state index is 0.430. The molecular weight excluding hydrogens is 308 g/mol. The van der Waals surface area contributed by atoms with E-state index in [0.717, 1.165) is 64.2 Å². The monoisotopic (exact) mass is 352 g/mol. The molecule has 0 heterocycles. The molecule has 0 aliphatic heterocycles. The summed E-state index contributed by atoms with van der Waals surface area (Å²) < 4.78 is 0. The van der Waals surface area contributed by atoms with Gasteiger partial charge in [0, 0.05) is 25.7 Å². The molecule has 148 valence electrons. The first kappa shape index (κ1) is 24.3. The molecule has 0 saturated heterocycles. The SMILES string of the molecule is CCCCCCCCCCC(=O)CCCCCCC(=O)CCCCC. The van der Waals surface area contributed by atoms with Gasteiger partial charge in [0.2, 0.25) is 0 Å². The quantitative estimate of drug-likeness (QED) is 0.212. The van der Waals surface area contributed by atoms with Gasteiger partial charge in [0.15, 0.2) is 0 Å². The lowest BCUT2D eigenvalue weighted by molar-refractivity contribution is -0.120. The summed E-state index contributed by atoms with van der Waals surface area (Å²) >= 11 is 0. The van der Waals surface area contributed by atoms with Gasteiger partial charge in [0.1, 0.15) is 11.6 Å². The molecule has 0 aromatic rings. The Morgan fingerprint density at radius 3 is 1.00 bits per heavy atom. The molecule has 0 atom stereocenters. The molecular formula is C23H44O2. The van der Waals surface area contributed by atoms with Gasteiger partial charge >= 0.3 is 0 Å². The fraction of sp³-hybridized carbons (Fsp3) is 0.913. The molecule has 2 heteroatoms. The van der Waals surface area contributed by atoms with Crippen LogP contribution in [0.2, 0.25) is 0 Å². The van der Waals surface area contributed by atoms with Crippen LogP contribution >= 0.6 is 0 Å². The fourth-order valence-corrected chi connectivity index (χ4v) is 3.28. The number of carbonyl (C=O) groups is 2. The first-order chi connectivity index (χ1) is 12.2. The Kier molecular flexibility index (Phi) is 19.1. The molecule has 0 amide bonds. The van der Waals surface area contributed by atoms with Crippen LogP contribution in [0.25, 0.3) is 0 Å². The molecule has 0 bridgehead atoms. The van der Waals surface area contributed by atoms with E-state index in [0.29, 0.717) is 11.6 Å². The van der Waals surface area contributed by atoms with Crippen molar-refractivity contribution in [1.82, 2.24) is 0 Å². The summed E-state index contributed by atoms with van der Waals surface area (Å²) in [5.41, 5.74) is 0. The summed E-state index contributed by atoms with van der Waals surface area (Å²) in [6.45, 7) is 4.42. The van der Waals surface area contributed by atoms with Gasteiger partial charge < -0.3 is 0 Å². The van der Waals surface area contributed by atoms with Crippen molar-refractivity contribution in [3.8, 4) is 0 Å². The van der Waals surface area contributed by atoms with E-state index in [1.54, 1.807) is 0 Å². The molecule has 0 aromatic carbocycles. The maximum absolute atomic E-state index is 11.9. The van der Waals surface area contributed by atoms with E-state index in [-0.39, 0.29) is 0 Å². The Morgan fingerprint density at radius 2 is 0.640 bits per heavy atom. The van der Waals surface area contributed by atoms with E-state index in [1.165, 1.54) is 57.8 Å². The standard InChI is InChI=1S/C23H44O2/c1-3-5-7-8-9-10-11-15-19-23(25)21-17-13-12-16-20-22(24)18-14-6-4-2/h3-21H2,1-2H3. The molecule has 0 aromatic heterocycles. The molecule has 0 N–H and O–H groups in total. The smallest absolute Gasteiger partial charge is 0.132 e. The van der Waals surface area contributed by atoms with Crippen LogP contribution in [-0.4, -0.2) is 11.6 Å². The maximum Gasteiger partial charge on any atom is 0.132 e. The Hall–Kier alpha value is -0.660. The highest BCUT2D eigenvalue weighted by Crippen LogP contribution is 2.12. The van der Waals surface area contributed by atoms with E-state index in [4.69, 9.17) is 0 Å². The van der Waals surface area contributed by atoms with Gasteiger partial charge in [-0.05, 0) is 25.7 Å². The van der Waals surface area contributed by atoms with E-state index >= 15 is 0 Å². The normalized spacial score (nSPS) is 11.0. The highest BCUT2D eigenvalue weighted by molar-refractivity contribution is 5.78. The Balaban J connectivity index is 3.26. The Labute approximate surface area is 157 Å². The van der Waals surface area contributed by atoms with Crippen LogP contribution in [0.15, 0.2) is 0 Å². The molecule has 0 aliphatic carbocycles. The van der Waals surface area contributed by atoms with E-state index in [9.17, 15) is 9.59 Å². The third kappa shape index (κ3) is 19.5. The number of unbranched alkanes of at least 4 members (excludes halogenated alkanes) is 12. The van der Waals surface area contributed by atoms with Gasteiger partial charge in [-0.3, -0.25) is 9.59 Å². The van der Waals surface area contributed by atoms with Crippen molar-refractivity contribution in [2.24, 2.45) is 0 Å². The summed E-state index contributed by atoms with van der Waals surface area (Å²) in [6.07, 6.45) is 21.0. The number of ketones is 2. The average molecular weight is 353 g/mol. The average Bonchev–Trinajstić information content (AvgIpc) is 2.60. The van der Waals surface area contributed by atoms with Crippen LogP contribution in [0.5, 0.6) is 0 Å². The number of hydrogen-bond donors (Lipinski definition) is 0. The van der Waals surface area contributed by atoms with E-state index < -0.39 is 0 Å². The summed E-state index contributed by atoms with van der Waals surface area (Å²) in [5, 5.41) is 0. The largest absolute Gasteiger partial charge is 0.300 e. The second-order valence-corrected chi connectivity index (χ2v) is 7.67. The molecule has 0 saturated carbocycles. The van der Waals surface area contributed by atoms with Crippen molar-refractivity contribution >= 4 is 11.6 Å². The van der Waals surface area contributed by atoms with Gasteiger partial charge in [-0.15, -0.1) is 0 Å². The summed E-state index contributed by atoms with van der Waals surface area (Å²) in [4.78, 5) is 23.5. The predicted molar refractivity (Wildman–Crippen MR) is 109 cm³/mol. The van der Waals surface area contributed by atoms with Crippen molar-refractivity contribution in [1.29, 1.82) is 0 Å². The zero-order valence-corrected chi connectivity index (χ0v) is 17.3. The second kappa shape index (κ2) is 19.7. The van der Waals surface area contributed by atoms with Crippen molar-refractivity contribution in [2.75, 3.05) is 0 Å². The summed E-state index contributed by atoms with van der Waals surface area (Å²) in [5.74, 6) is 0.876. The molecule has 0 radical (unpaired) electrons. The van der Waals surface area contributed by atoms with Gasteiger partial charge in [-0.2, -0.15) is 0 Å². The van der Waals surface area contributed by atoms with E-state index in [2.05, 4.69) is 13.8 Å². The highest BCUT2D eigenvalue weighted by Gasteiger charge is 2.04. The number of carbonyl (C=O) groups excluding carboxylic acids is 2. The van der Waals surface area contributed by atoms with Crippen LogP contribution in [0.1, 0.15) is 136 Å². The van der Waals surface area contributed by atoms with Gasteiger partial charge in [-0.1, -0.05) is 84.5 Å². The lowest BCUT2D eigenvalue weighted by Crippen LogP contribution is -1.99. The topological polar surface area (TPSA) is 34.1 Å². The zero-order valence-electron chi connectivity index (χ0n) is 17.3. The lowest BCUT2D eigenvalue weighted by atomic mass is 10.0. The third-order valence-corrected chi connectivity index (χ3v) is 5.03. The maximum atomic E-state index is 11.9. The zero-order chi connectivity index (χ0) is 18.6. The second-order valence-electron chi connectivity index (χ2n) is 7.67. The Morgan fingerprint density at radius 1 is 0.400 bits per heavy atom. The van der Waals surface area contributed by atoms with Crippen molar-refractivity contribution in [3.05, 3.63) is 0 Å². The fourth-order valence-electron chi connectivity index (χ4n) is 3.28. The van der Waals surface area contributed by atoms with Crippen LogP contribution in [0, 0.1) is 0 Å². The minimum Gasteiger partial charge on any atom is -0.300 e. The first-order valence-electron chi connectivity index (χ1n) is 11.2. The van der Waals surface area contributed by atoms with Crippen LogP contribution in [0.4, 0.5) is 0 Å². The first-order valence-corrected chi connectivity index (χ1v) is 11.2.